The first-order valence-electron chi connectivity index (χ1n) is 7.02. The van der Waals surface area contributed by atoms with Crippen LogP contribution < -0.4 is 15.2 Å². The van der Waals surface area contributed by atoms with Crippen molar-refractivity contribution in [1.29, 1.82) is 0 Å². The first-order valence-corrected chi connectivity index (χ1v) is 7.02. The Labute approximate surface area is 137 Å². The summed E-state index contributed by atoms with van der Waals surface area (Å²) in [6.07, 6.45) is 5.75. The van der Waals surface area contributed by atoms with Gasteiger partial charge in [-0.1, -0.05) is 6.07 Å². The number of rotatable bonds is 4. The van der Waals surface area contributed by atoms with Crippen LogP contribution >= 0.6 is 0 Å². The second kappa shape index (κ2) is 6.37. The Hall–Kier alpha value is -3.42. The molecular formula is C16H15N5O3. The van der Waals surface area contributed by atoms with E-state index in [-0.39, 0.29) is 11.7 Å². The zero-order valence-corrected chi connectivity index (χ0v) is 13.1. The number of nitrogen functional groups attached to an aromatic ring is 1. The van der Waals surface area contributed by atoms with Crippen molar-refractivity contribution in [3.63, 3.8) is 0 Å². The fourth-order valence-corrected chi connectivity index (χ4v) is 2.22. The SMILES string of the molecule is COc1ccc(/C=C/C(=O)n2cnc3c(N)ncnc32)cc1OC. The van der Waals surface area contributed by atoms with Gasteiger partial charge in [-0.15, -0.1) is 0 Å². The van der Waals surface area contributed by atoms with E-state index in [9.17, 15) is 4.79 Å². The van der Waals surface area contributed by atoms with Crippen molar-refractivity contribution in [3.8, 4) is 11.5 Å². The quantitative estimate of drug-likeness (QED) is 0.729. The van der Waals surface area contributed by atoms with Crippen molar-refractivity contribution in [1.82, 2.24) is 19.5 Å². The minimum Gasteiger partial charge on any atom is -0.493 e. The fraction of sp³-hybridized carbons (Fsp3) is 0.125. The summed E-state index contributed by atoms with van der Waals surface area (Å²) >= 11 is 0. The van der Waals surface area contributed by atoms with E-state index >= 15 is 0 Å². The number of methoxy groups -OCH3 is 2. The predicted octanol–water partition coefficient (Wildman–Crippen LogP) is 1.78. The molecule has 0 saturated heterocycles. The van der Waals surface area contributed by atoms with Crippen LogP contribution in [0.25, 0.3) is 17.2 Å². The van der Waals surface area contributed by atoms with E-state index < -0.39 is 0 Å². The molecule has 0 atom stereocenters. The van der Waals surface area contributed by atoms with Gasteiger partial charge in [0.15, 0.2) is 28.5 Å². The van der Waals surface area contributed by atoms with Gasteiger partial charge >= 0.3 is 0 Å². The standard InChI is InChI=1S/C16H15N5O3/c1-23-11-5-3-10(7-12(11)24-2)4-6-13(22)21-9-20-14-15(17)18-8-19-16(14)21/h3-9H,1-2H3,(H2,17,18,19)/b6-4+. The first-order chi connectivity index (χ1) is 11.6. The van der Waals surface area contributed by atoms with E-state index in [1.165, 1.54) is 23.3 Å². The number of imidazole rings is 1. The lowest BCUT2D eigenvalue weighted by Crippen LogP contribution is -2.06. The van der Waals surface area contributed by atoms with Gasteiger partial charge in [0.05, 0.1) is 14.2 Å². The minimum absolute atomic E-state index is 0.232. The number of anilines is 1. The molecule has 24 heavy (non-hydrogen) atoms. The maximum absolute atomic E-state index is 12.4. The van der Waals surface area contributed by atoms with E-state index in [4.69, 9.17) is 15.2 Å². The summed E-state index contributed by atoms with van der Waals surface area (Å²) in [5.74, 6) is 1.13. The van der Waals surface area contributed by atoms with Gasteiger partial charge in [-0.3, -0.25) is 4.79 Å². The van der Waals surface area contributed by atoms with Crippen molar-refractivity contribution in [3.05, 3.63) is 42.5 Å². The van der Waals surface area contributed by atoms with E-state index in [0.717, 1.165) is 5.56 Å². The van der Waals surface area contributed by atoms with Gasteiger partial charge in [0.25, 0.3) is 5.91 Å². The lowest BCUT2D eigenvalue weighted by molar-refractivity contribution is 0.0973. The van der Waals surface area contributed by atoms with E-state index in [1.807, 2.05) is 6.07 Å². The van der Waals surface area contributed by atoms with Crippen LogP contribution in [0.1, 0.15) is 10.4 Å². The Kier molecular flexibility index (Phi) is 4.11. The summed E-state index contributed by atoms with van der Waals surface area (Å²) in [5, 5.41) is 0. The average Bonchev–Trinajstić information content (AvgIpc) is 3.05. The van der Waals surface area contributed by atoms with Crippen LogP contribution in [0.15, 0.2) is 36.9 Å². The predicted molar refractivity (Wildman–Crippen MR) is 88.9 cm³/mol. The molecule has 0 aliphatic rings. The maximum atomic E-state index is 12.4. The maximum Gasteiger partial charge on any atom is 0.257 e. The fourth-order valence-electron chi connectivity index (χ4n) is 2.22. The molecule has 3 aromatic rings. The molecule has 0 bridgehead atoms. The van der Waals surface area contributed by atoms with Gasteiger partial charge in [-0.2, -0.15) is 0 Å². The van der Waals surface area contributed by atoms with Crippen LogP contribution in [0.3, 0.4) is 0 Å². The normalized spacial score (nSPS) is 11.1. The summed E-state index contributed by atoms with van der Waals surface area (Å²) in [6.45, 7) is 0. The largest absolute Gasteiger partial charge is 0.493 e. The Morgan fingerprint density at radius 2 is 1.96 bits per heavy atom. The van der Waals surface area contributed by atoms with Crippen LogP contribution in [0, 0.1) is 0 Å². The van der Waals surface area contributed by atoms with Crippen molar-refractivity contribution in [2.45, 2.75) is 0 Å². The molecule has 0 fully saturated rings. The Morgan fingerprint density at radius 3 is 2.71 bits per heavy atom. The Morgan fingerprint density at radius 1 is 1.17 bits per heavy atom. The molecule has 0 amide bonds. The molecular weight excluding hydrogens is 310 g/mol. The monoisotopic (exact) mass is 325 g/mol. The van der Waals surface area contributed by atoms with Crippen molar-refractivity contribution in [2.24, 2.45) is 0 Å². The van der Waals surface area contributed by atoms with Crippen molar-refractivity contribution < 1.29 is 14.3 Å². The minimum atomic E-state index is -0.301. The summed E-state index contributed by atoms with van der Waals surface area (Å²) < 4.78 is 11.7. The highest BCUT2D eigenvalue weighted by Crippen LogP contribution is 2.28. The average molecular weight is 325 g/mol. The third kappa shape index (κ3) is 2.76. The number of benzene rings is 1. The molecule has 2 heterocycles. The molecule has 8 heteroatoms. The third-order valence-electron chi connectivity index (χ3n) is 3.43. The molecule has 122 valence electrons. The molecule has 0 unspecified atom stereocenters. The van der Waals surface area contributed by atoms with E-state index in [2.05, 4.69) is 15.0 Å². The smallest absolute Gasteiger partial charge is 0.257 e. The lowest BCUT2D eigenvalue weighted by atomic mass is 10.2. The van der Waals surface area contributed by atoms with E-state index in [0.29, 0.717) is 22.7 Å². The van der Waals surface area contributed by atoms with Gasteiger partial charge in [0.2, 0.25) is 0 Å². The molecule has 3 rings (SSSR count). The van der Waals surface area contributed by atoms with E-state index in [1.54, 1.807) is 32.4 Å². The number of nitrogens with zero attached hydrogens (tertiary/aromatic N) is 4. The molecule has 0 spiro atoms. The topological polar surface area (TPSA) is 105 Å². The summed E-state index contributed by atoms with van der Waals surface area (Å²) in [5.41, 5.74) is 7.26. The van der Waals surface area contributed by atoms with Crippen LogP contribution in [0.5, 0.6) is 11.5 Å². The molecule has 0 radical (unpaired) electrons. The second-order valence-corrected chi connectivity index (χ2v) is 4.83. The number of fused-ring (bicyclic) bond motifs is 1. The highest BCUT2D eigenvalue weighted by atomic mass is 16.5. The highest BCUT2D eigenvalue weighted by Gasteiger charge is 2.11. The zero-order valence-electron chi connectivity index (χ0n) is 13.1. The Bertz CT molecular complexity index is 933. The van der Waals surface area contributed by atoms with Gasteiger partial charge in [-0.25, -0.2) is 19.5 Å². The molecule has 0 aliphatic heterocycles. The molecule has 8 nitrogen and oxygen atoms in total. The molecule has 2 N–H and O–H groups in total. The Balaban J connectivity index is 1.88. The van der Waals surface area contributed by atoms with Crippen molar-refractivity contribution in [2.75, 3.05) is 20.0 Å². The number of aromatic nitrogens is 4. The van der Waals surface area contributed by atoms with Crippen molar-refractivity contribution >= 4 is 29.0 Å². The summed E-state index contributed by atoms with van der Waals surface area (Å²) in [6, 6.07) is 5.36. The highest BCUT2D eigenvalue weighted by molar-refractivity contribution is 5.99. The second-order valence-electron chi connectivity index (χ2n) is 4.83. The summed E-state index contributed by atoms with van der Waals surface area (Å²) in [7, 11) is 3.12. The number of ether oxygens (including phenoxy) is 2. The van der Waals surface area contributed by atoms with Gasteiger partial charge < -0.3 is 15.2 Å². The van der Waals surface area contributed by atoms with Gasteiger partial charge in [-0.05, 0) is 23.8 Å². The van der Waals surface area contributed by atoms with Crippen LogP contribution in [0.4, 0.5) is 5.82 Å². The first kappa shape index (κ1) is 15.5. The number of nitrogens with two attached hydrogens (primary N) is 1. The molecule has 0 saturated carbocycles. The van der Waals surface area contributed by atoms with Gasteiger partial charge in [0, 0.05) is 6.08 Å². The lowest BCUT2D eigenvalue weighted by Gasteiger charge is -2.07. The number of allylic oxidation sites excluding steroid dienone is 1. The number of carbonyl (C=O) groups is 1. The summed E-state index contributed by atoms with van der Waals surface area (Å²) in [4.78, 5) is 24.3. The third-order valence-corrected chi connectivity index (χ3v) is 3.43. The van der Waals surface area contributed by atoms with Crippen LogP contribution in [-0.2, 0) is 0 Å². The molecule has 2 aromatic heterocycles. The van der Waals surface area contributed by atoms with Crippen LogP contribution in [0.2, 0.25) is 0 Å². The number of hydrogen-bond donors (Lipinski definition) is 1. The number of carbonyl (C=O) groups excluding carboxylic acids is 1. The van der Waals surface area contributed by atoms with Gasteiger partial charge in [0.1, 0.15) is 12.7 Å². The molecule has 0 aliphatic carbocycles. The van der Waals surface area contributed by atoms with Crippen LogP contribution in [-0.4, -0.2) is 39.6 Å². The molecule has 1 aromatic carbocycles. The number of hydrogen-bond acceptors (Lipinski definition) is 7. The zero-order chi connectivity index (χ0) is 17.1.